The largest absolute Gasteiger partial charge is 0.268 e. The van der Waals surface area contributed by atoms with Crippen molar-refractivity contribution in [2.24, 2.45) is 20.7 Å². The van der Waals surface area contributed by atoms with Crippen LogP contribution in [-0.2, 0) is 0 Å². The fourth-order valence-corrected chi connectivity index (χ4v) is 1.52. The molecule has 0 N–H and O–H groups in total. The van der Waals surface area contributed by atoms with Gasteiger partial charge < -0.3 is 0 Å². The van der Waals surface area contributed by atoms with Gasteiger partial charge in [-0.3, -0.25) is 9.36 Å². The third-order valence-corrected chi connectivity index (χ3v) is 2.29. The van der Waals surface area contributed by atoms with Gasteiger partial charge >= 0.3 is 0 Å². The van der Waals surface area contributed by atoms with Gasteiger partial charge in [-0.25, -0.2) is 4.98 Å². The Hall–Kier alpha value is -2.44. The molecular formula is C9H6N6O. The van der Waals surface area contributed by atoms with Crippen LogP contribution in [0.25, 0.3) is 10.9 Å². The third-order valence-electron chi connectivity index (χ3n) is 2.29. The number of fused-ring (bicyclic) bond motifs is 1. The normalized spacial score (nSPS) is 15.0. The molecule has 0 amide bonds. The minimum atomic E-state index is -0.718. The zero-order valence-corrected chi connectivity index (χ0v) is 8.06. The highest BCUT2D eigenvalue weighted by Gasteiger charge is 2.14. The van der Waals surface area contributed by atoms with Crippen LogP contribution < -0.4 is 5.56 Å². The Morgan fingerprint density at radius 1 is 1.12 bits per heavy atom. The molecule has 0 aliphatic carbocycles. The van der Waals surface area contributed by atoms with E-state index in [1.807, 2.05) is 6.07 Å². The molecule has 1 aliphatic rings. The van der Waals surface area contributed by atoms with Gasteiger partial charge in [0.15, 0.2) is 0 Å². The first-order valence-electron chi connectivity index (χ1n) is 4.62. The van der Waals surface area contributed by atoms with Crippen molar-refractivity contribution in [3.05, 3.63) is 40.9 Å². The summed E-state index contributed by atoms with van der Waals surface area (Å²) < 4.78 is 1.29. The first-order valence-corrected chi connectivity index (χ1v) is 4.62. The number of hydrogen-bond acceptors (Lipinski definition) is 6. The van der Waals surface area contributed by atoms with E-state index >= 15 is 0 Å². The van der Waals surface area contributed by atoms with E-state index < -0.39 is 6.29 Å². The summed E-state index contributed by atoms with van der Waals surface area (Å²) >= 11 is 0. The molecule has 1 aromatic heterocycles. The second-order valence-electron chi connectivity index (χ2n) is 3.23. The van der Waals surface area contributed by atoms with Crippen molar-refractivity contribution in [3.8, 4) is 0 Å². The maximum absolute atomic E-state index is 12.0. The first kappa shape index (κ1) is 8.84. The number of hydrogen-bond donors (Lipinski definition) is 0. The van der Waals surface area contributed by atoms with E-state index in [2.05, 4.69) is 25.7 Å². The lowest BCUT2D eigenvalue weighted by molar-refractivity contribution is 0.520. The number of benzene rings is 1. The molecule has 0 saturated carbocycles. The van der Waals surface area contributed by atoms with E-state index in [-0.39, 0.29) is 5.56 Å². The monoisotopic (exact) mass is 214 g/mol. The second-order valence-corrected chi connectivity index (χ2v) is 3.23. The van der Waals surface area contributed by atoms with Crippen LogP contribution in [0.3, 0.4) is 0 Å². The molecule has 0 saturated heterocycles. The fourth-order valence-electron chi connectivity index (χ4n) is 1.52. The van der Waals surface area contributed by atoms with Crippen molar-refractivity contribution in [2.75, 3.05) is 0 Å². The van der Waals surface area contributed by atoms with Crippen LogP contribution in [0.1, 0.15) is 6.29 Å². The van der Waals surface area contributed by atoms with E-state index in [4.69, 9.17) is 0 Å². The lowest BCUT2D eigenvalue weighted by Crippen LogP contribution is -2.22. The maximum atomic E-state index is 12.0. The van der Waals surface area contributed by atoms with Gasteiger partial charge in [-0.05, 0) is 22.6 Å². The van der Waals surface area contributed by atoms with Gasteiger partial charge in [0.25, 0.3) is 11.8 Å². The topological polar surface area (TPSA) is 84.3 Å². The summed E-state index contributed by atoms with van der Waals surface area (Å²) in [6.45, 7) is 0. The van der Waals surface area contributed by atoms with Crippen LogP contribution in [0.15, 0.2) is 56.1 Å². The molecule has 2 heterocycles. The van der Waals surface area contributed by atoms with Crippen molar-refractivity contribution in [1.82, 2.24) is 9.55 Å². The molecule has 7 heteroatoms. The summed E-state index contributed by atoms with van der Waals surface area (Å²) in [4.78, 5) is 16.2. The molecule has 7 nitrogen and oxygen atoms in total. The van der Waals surface area contributed by atoms with E-state index in [0.29, 0.717) is 10.9 Å². The summed E-state index contributed by atoms with van der Waals surface area (Å²) in [6, 6.07) is 7.10. The van der Waals surface area contributed by atoms with Crippen LogP contribution in [0, 0.1) is 0 Å². The van der Waals surface area contributed by atoms with E-state index in [1.54, 1.807) is 18.2 Å². The lowest BCUT2D eigenvalue weighted by atomic mass is 10.2. The lowest BCUT2D eigenvalue weighted by Gasteiger charge is -2.05. The van der Waals surface area contributed by atoms with Crippen LogP contribution in [0.4, 0.5) is 0 Å². The highest BCUT2D eigenvalue weighted by Crippen LogP contribution is 2.15. The molecular weight excluding hydrogens is 208 g/mol. The summed E-state index contributed by atoms with van der Waals surface area (Å²) in [6.07, 6.45) is 0.684. The SMILES string of the molecule is O=c1c2ccccc2ncn1C1N=NN=N1. The molecule has 0 unspecified atom stereocenters. The average Bonchev–Trinajstić information content (AvgIpc) is 2.83. The zero-order chi connectivity index (χ0) is 11.0. The van der Waals surface area contributed by atoms with Crippen molar-refractivity contribution in [1.29, 1.82) is 0 Å². The Morgan fingerprint density at radius 3 is 2.69 bits per heavy atom. The molecule has 0 radical (unpaired) electrons. The minimum Gasteiger partial charge on any atom is -0.268 e. The summed E-state index contributed by atoms with van der Waals surface area (Å²) in [7, 11) is 0. The van der Waals surface area contributed by atoms with Crippen molar-refractivity contribution in [3.63, 3.8) is 0 Å². The van der Waals surface area contributed by atoms with Gasteiger partial charge in [0, 0.05) is 0 Å². The minimum absolute atomic E-state index is 0.199. The smallest absolute Gasteiger partial charge is 0.266 e. The quantitative estimate of drug-likeness (QED) is 0.723. The molecule has 0 bridgehead atoms. The Labute approximate surface area is 89.1 Å². The highest BCUT2D eigenvalue weighted by molar-refractivity contribution is 5.76. The molecule has 1 aliphatic heterocycles. The molecule has 0 fully saturated rings. The molecule has 0 atom stereocenters. The van der Waals surface area contributed by atoms with Crippen LogP contribution in [-0.4, -0.2) is 9.55 Å². The number of para-hydroxylation sites is 1. The van der Waals surface area contributed by atoms with Gasteiger partial charge in [0.2, 0.25) is 0 Å². The highest BCUT2D eigenvalue weighted by atomic mass is 16.1. The molecule has 1 aromatic carbocycles. The molecule has 16 heavy (non-hydrogen) atoms. The Bertz CT molecular complexity index is 646. The maximum Gasteiger partial charge on any atom is 0.266 e. The molecule has 2 aromatic rings. The van der Waals surface area contributed by atoms with Crippen LogP contribution in [0.2, 0.25) is 0 Å². The Balaban J connectivity index is 2.28. The van der Waals surface area contributed by atoms with Crippen LogP contribution >= 0.6 is 0 Å². The number of aromatic nitrogens is 2. The Kier molecular flexibility index (Phi) is 1.82. The van der Waals surface area contributed by atoms with Gasteiger partial charge in [-0.15, -0.1) is 10.2 Å². The van der Waals surface area contributed by atoms with E-state index in [0.717, 1.165) is 0 Å². The van der Waals surface area contributed by atoms with Gasteiger partial charge in [0.05, 0.1) is 10.9 Å². The second kappa shape index (κ2) is 3.30. The first-order chi connectivity index (χ1) is 7.86. The number of nitrogens with zero attached hydrogens (tertiary/aromatic N) is 6. The zero-order valence-electron chi connectivity index (χ0n) is 8.06. The fraction of sp³-hybridized carbons (Fsp3) is 0.111. The molecule has 0 spiro atoms. The summed E-state index contributed by atoms with van der Waals surface area (Å²) in [5.41, 5.74) is 0.450. The molecule has 78 valence electrons. The van der Waals surface area contributed by atoms with Gasteiger partial charge in [-0.1, -0.05) is 12.1 Å². The van der Waals surface area contributed by atoms with E-state index in [9.17, 15) is 4.79 Å². The van der Waals surface area contributed by atoms with Gasteiger partial charge in [-0.2, -0.15) is 0 Å². The van der Waals surface area contributed by atoms with Gasteiger partial charge in [0.1, 0.15) is 6.33 Å². The van der Waals surface area contributed by atoms with Crippen molar-refractivity contribution >= 4 is 10.9 Å². The van der Waals surface area contributed by atoms with E-state index in [1.165, 1.54) is 10.9 Å². The van der Waals surface area contributed by atoms with Crippen molar-refractivity contribution < 1.29 is 0 Å². The summed E-state index contributed by atoms with van der Waals surface area (Å²) in [5.74, 6) is 0. The third kappa shape index (κ3) is 1.22. The van der Waals surface area contributed by atoms with Crippen LogP contribution in [0.5, 0.6) is 0 Å². The average molecular weight is 214 g/mol. The molecule has 3 rings (SSSR count). The standard InChI is InChI=1S/C9H6N6O/c16-8-6-3-1-2-4-7(6)10-5-15(8)9-11-13-14-12-9/h1-5,9H. The summed E-state index contributed by atoms with van der Waals surface area (Å²) in [5, 5.41) is 14.6. The predicted octanol–water partition coefficient (Wildman–Crippen LogP) is 1.69. The number of rotatable bonds is 1. The Morgan fingerprint density at radius 2 is 1.88 bits per heavy atom. The predicted molar refractivity (Wildman–Crippen MR) is 54.8 cm³/mol. The van der Waals surface area contributed by atoms with Crippen molar-refractivity contribution in [2.45, 2.75) is 6.29 Å².